The highest BCUT2D eigenvalue weighted by molar-refractivity contribution is 9.11. The number of amides is 2. The molecule has 1 fully saturated rings. The molecule has 0 spiro atoms. The monoisotopic (exact) mass is 330 g/mol. The van der Waals surface area contributed by atoms with E-state index in [1.54, 1.807) is 30.1 Å². The zero-order chi connectivity index (χ0) is 13.3. The average molecular weight is 331 g/mol. The van der Waals surface area contributed by atoms with Crippen molar-refractivity contribution in [1.82, 2.24) is 10.2 Å². The molecule has 1 N–H and O–H groups in total. The third-order valence-electron chi connectivity index (χ3n) is 2.87. The number of rotatable bonds is 3. The first-order chi connectivity index (χ1) is 8.38. The van der Waals surface area contributed by atoms with E-state index in [1.807, 2.05) is 12.1 Å². The van der Waals surface area contributed by atoms with Crippen LogP contribution in [-0.2, 0) is 16.0 Å². The second-order valence-corrected chi connectivity index (χ2v) is 7.40. The Hall–Kier alpha value is -0.880. The lowest BCUT2D eigenvalue weighted by atomic mass is 10.0. The standard InChI is InChI=1S/C12H15BrN2O2S/c1-12(2)11(17)15(7-10(16)14-12)6-5-8-3-4-9(13)18-8/h3-4H,5-7H2,1-2H3,(H,14,16). The van der Waals surface area contributed by atoms with Gasteiger partial charge in [0, 0.05) is 11.4 Å². The van der Waals surface area contributed by atoms with Gasteiger partial charge in [-0.25, -0.2) is 0 Å². The lowest BCUT2D eigenvalue weighted by Crippen LogP contribution is -2.63. The Morgan fingerprint density at radius 1 is 1.44 bits per heavy atom. The van der Waals surface area contributed by atoms with Gasteiger partial charge < -0.3 is 10.2 Å². The molecule has 2 rings (SSSR count). The van der Waals surface area contributed by atoms with Gasteiger partial charge in [0.15, 0.2) is 0 Å². The van der Waals surface area contributed by atoms with Crippen LogP contribution in [0.5, 0.6) is 0 Å². The van der Waals surface area contributed by atoms with E-state index in [9.17, 15) is 9.59 Å². The largest absolute Gasteiger partial charge is 0.341 e. The van der Waals surface area contributed by atoms with Crippen LogP contribution in [0.2, 0.25) is 0 Å². The summed E-state index contributed by atoms with van der Waals surface area (Å²) < 4.78 is 1.08. The van der Waals surface area contributed by atoms with Gasteiger partial charge in [-0.05, 0) is 48.3 Å². The molecule has 98 valence electrons. The van der Waals surface area contributed by atoms with E-state index >= 15 is 0 Å². The fourth-order valence-electron chi connectivity index (χ4n) is 1.99. The van der Waals surface area contributed by atoms with Crippen LogP contribution in [0.1, 0.15) is 18.7 Å². The molecule has 1 aliphatic heterocycles. The minimum Gasteiger partial charge on any atom is -0.341 e. The van der Waals surface area contributed by atoms with Crippen molar-refractivity contribution >= 4 is 39.1 Å². The highest BCUT2D eigenvalue weighted by Crippen LogP contribution is 2.23. The molecule has 6 heteroatoms. The summed E-state index contributed by atoms with van der Waals surface area (Å²) in [7, 11) is 0. The first-order valence-electron chi connectivity index (χ1n) is 5.73. The summed E-state index contributed by atoms with van der Waals surface area (Å²) in [6.45, 7) is 4.22. The van der Waals surface area contributed by atoms with Crippen molar-refractivity contribution in [3.8, 4) is 0 Å². The summed E-state index contributed by atoms with van der Waals surface area (Å²) in [6, 6.07) is 4.03. The first-order valence-corrected chi connectivity index (χ1v) is 7.34. The first kappa shape index (κ1) is 13.5. The fraction of sp³-hybridized carbons (Fsp3) is 0.500. The van der Waals surface area contributed by atoms with E-state index in [0.29, 0.717) is 6.54 Å². The van der Waals surface area contributed by atoms with Crippen LogP contribution in [0.25, 0.3) is 0 Å². The smallest absolute Gasteiger partial charge is 0.248 e. The fourth-order valence-corrected chi connectivity index (χ4v) is 3.47. The topological polar surface area (TPSA) is 49.4 Å². The summed E-state index contributed by atoms with van der Waals surface area (Å²) in [5.74, 6) is -0.107. The van der Waals surface area contributed by atoms with Crippen molar-refractivity contribution in [2.45, 2.75) is 25.8 Å². The summed E-state index contributed by atoms with van der Waals surface area (Å²) in [6.07, 6.45) is 0.783. The Bertz CT molecular complexity index is 484. The Balaban J connectivity index is 2.00. The number of nitrogens with one attached hydrogen (secondary N) is 1. The molecule has 4 nitrogen and oxygen atoms in total. The molecule has 1 saturated heterocycles. The Morgan fingerprint density at radius 2 is 2.17 bits per heavy atom. The molecule has 0 radical (unpaired) electrons. The van der Waals surface area contributed by atoms with E-state index in [-0.39, 0.29) is 18.4 Å². The number of piperazine rings is 1. The van der Waals surface area contributed by atoms with E-state index in [1.165, 1.54) is 4.88 Å². The van der Waals surface area contributed by atoms with Crippen molar-refractivity contribution < 1.29 is 9.59 Å². The minimum absolute atomic E-state index is 0.0160. The van der Waals surface area contributed by atoms with Crippen LogP contribution >= 0.6 is 27.3 Å². The summed E-state index contributed by atoms with van der Waals surface area (Å²) in [5.41, 5.74) is -0.786. The van der Waals surface area contributed by atoms with Crippen LogP contribution in [0.4, 0.5) is 0 Å². The summed E-state index contributed by atoms with van der Waals surface area (Å²) >= 11 is 5.07. The third kappa shape index (κ3) is 2.92. The summed E-state index contributed by atoms with van der Waals surface area (Å²) in [5, 5.41) is 2.70. The van der Waals surface area contributed by atoms with Crippen LogP contribution in [0, 0.1) is 0 Å². The van der Waals surface area contributed by atoms with Crippen molar-refractivity contribution in [2.75, 3.05) is 13.1 Å². The molecule has 0 aromatic carbocycles. The second kappa shape index (κ2) is 5.01. The second-order valence-electron chi connectivity index (χ2n) is 4.86. The zero-order valence-corrected chi connectivity index (χ0v) is 12.7. The minimum atomic E-state index is -0.786. The maximum Gasteiger partial charge on any atom is 0.248 e. The predicted octanol–water partition coefficient (Wildman–Crippen LogP) is 1.79. The highest BCUT2D eigenvalue weighted by atomic mass is 79.9. The highest BCUT2D eigenvalue weighted by Gasteiger charge is 2.38. The lowest BCUT2D eigenvalue weighted by molar-refractivity contribution is -0.148. The Kier molecular flexibility index (Phi) is 3.77. The maximum absolute atomic E-state index is 12.1. The zero-order valence-electron chi connectivity index (χ0n) is 10.3. The van der Waals surface area contributed by atoms with Gasteiger partial charge in [0.2, 0.25) is 11.8 Å². The van der Waals surface area contributed by atoms with Gasteiger partial charge in [0.25, 0.3) is 0 Å². The number of carbonyl (C=O) groups is 2. The molecule has 1 aliphatic rings. The normalized spacial score (nSPS) is 18.9. The van der Waals surface area contributed by atoms with Crippen LogP contribution in [0.15, 0.2) is 15.9 Å². The van der Waals surface area contributed by atoms with Crippen LogP contribution in [-0.4, -0.2) is 35.3 Å². The molecule has 2 amide bonds. The third-order valence-corrected chi connectivity index (χ3v) is 4.55. The van der Waals surface area contributed by atoms with Crippen molar-refractivity contribution in [1.29, 1.82) is 0 Å². The molecule has 0 bridgehead atoms. The average Bonchev–Trinajstić information content (AvgIpc) is 2.67. The predicted molar refractivity (Wildman–Crippen MR) is 74.5 cm³/mol. The van der Waals surface area contributed by atoms with E-state index in [2.05, 4.69) is 21.2 Å². The van der Waals surface area contributed by atoms with E-state index < -0.39 is 5.54 Å². The SMILES string of the molecule is CC1(C)NC(=O)CN(CCc2ccc(Br)s2)C1=O. The van der Waals surface area contributed by atoms with Gasteiger partial charge in [0.1, 0.15) is 5.54 Å². The van der Waals surface area contributed by atoms with Crippen molar-refractivity contribution in [3.05, 3.63) is 20.8 Å². The van der Waals surface area contributed by atoms with Gasteiger partial charge in [0.05, 0.1) is 10.3 Å². The molecule has 1 aromatic heterocycles. The quantitative estimate of drug-likeness (QED) is 0.918. The molecule has 0 unspecified atom stereocenters. The van der Waals surface area contributed by atoms with E-state index in [0.717, 1.165) is 10.2 Å². The van der Waals surface area contributed by atoms with Crippen LogP contribution in [0.3, 0.4) is 0 Å². The van der Waals surface area contributed by atoms with Gasteiger partial charge in [-0.1, -0.05) is 0 Å². The van der Waals surface area contributed by atoms with Crippen LogP contribution < -0.4 is 5.32 Å². The number of carbonyl (C=O) groups excluding carboxylic acids is 2. The van der Waals surface area contributed by atoms with Gasteiger partial charge in [-0.3, -0.25) is 9.59 Å². The number of hydrogen-bond donors (Lipinski definition) is 1. The lowest BCUT2D eigenvalue weighted by Gasteiger charge is -2.37. The van der Waals surface area contributed by atoms with Gasteiger partial charge in [-0.15, -0.1) is 11.3 Å². The molecule has 1 aromatic rings. The number of thiophene rings is 1. The summed E-state index contributed by atoms with van der Waals surface area (Å²) in [4.78, 5) is 26.5. The molecule has 0 atom stereocenters. The number of halogens is 1. The maximum atomic E-state index is 12.1. The van der Waals surface area contributed by atoms with Gasteiger partial charge in [-0.2, -0.15) is 0 Å². The molecular formula is C12H15BrN2O2S. The number of hydrogen-bond acceptors (Lipinski definition) is 3. The van der Waals surface area contributed by atoms with Gasteiger partial charge >= 0.3 is 0 Å². The molecule has 0 saturated carbocycles. The number of nitrogens with zero attached hydrogens (tertiary/aromatic N) is 1. The Labute approximate surface area is 118 Å². The molecule has 2 heterocycles. The molecule has 18 heavy (non-hydrogen) atoms. The Morgan fingerprint density at radius 3 is 2.78 bits per heavy atom. The van der Waals surface area contributed by atoms with Crippen molar-refractivity contribution in [3.63, 3.8) is 0 Å². The van der Waals surface area contributed by atoms with Crippen molar-refractivity contribution in [2.24, 2.45) is 0 Å². The molecular weight excluding hydrogens is 316 g/mol. The van der Waals surface area contributed by atoms with E-state index in [4.69, 9.17) is 0 Å². The molecule has 0 aliphatic carbocycles.